The van der Waals surface area contributed by atoms with E-state index in [1.54, 1.807) is 0 Å². The molecule has 24 heavy (non-hydrogen) atoms. The van der Waals surface area contributed by atoms with Crippen LogP contribution in [0.15, 0.2) is 48.5 Å². The lowest BCUT2D eigenvalue weighted by Crippen LogP contribution is -2.53. The van der Waals surface area contributed by atoms with Crippen molar-refractivity contribution in [1.29, 1.82) is 0 Å². The fraction of sp³-hybridized carbons (Fsp3) is 0.350. The van der Waals surface area contributed by atoms with Gasteiger partial charge >= 0.3 is 0 Å². The van der Waals surface area contributed by atoms with Gasteiger partial charge < -0.3 is 5.73 Å². The van der Waals surface area contributed by atoms with Gasteiger partial charge in [0.05, 0.1) is 0 Å². The number of nitrogen functional groups attached to an aromatic ring is 1. The molecule has 124 valence electrons. The van der Waals surface area contributed by atoms with Crippen molar-refractivity contribution < 1.29 is 4.79 Å². The Hall–Kier alpha value is -1.84. The van der Waals surface area contributed by atoms with Crippen LogP contribution in [0.4, 0.5) is 5.69 Å². The van der Waals surface area contributed by atoms with E-state index in [9.17, 15) is 4.79 Å². The van der Waals surface area contributed by atoms with Crippen LogP contribution in [0, 0.1) is 5.92 Å². The molecule has 4 heteroatoms. The van der Waals surface area contributed by atoms with Gasteiger partial charge in [-0.05, 0) is 48.2 Å². The molecule has 3 nitrogen and oxygen atoms in total. The molecule has 2 bridgehead atoms. The van der Waals surface area contributed by atoms with Crippen LogP contribution in [-0.2, 0) is 11.3 Å². The van der Waals surface area contributed by atoms with E-state index in [1.807, 2.05) is 30.3 Å². The minimum absolute atomic E-state index is 0.0952. The van der Waals surface area contributed by atoms with Gasteiger partial charge in [-0.3, -0.25) is 9.69 Å². The topological polar surface area (TPSA) is 46.3 Å². The summed E-state index contributed by atoms with van der Waals surface area (Å²) in [5.41, 5.74) is 8.98. The summed E-state index contributed by atoms with van der Waals surface area (Å²) in [6.45, 7) is 0.823. The molecular weight excluding hydrogens is 320 g/mol. The first-order chi connectivity index (χ1) is 11.6. The molecule has 2 aliphatic heterocycles. The van der Waals surface area contributed by atoms with Crippen LogP contribution in [-0.4, -0.2) is 16.7 Å². The molecule has 1 saturated carbocycles. The maximum Gasteiger partial charge on any atom is 0.139 e. The molecule has 2 N–H and O–H groups in total. The average molecular weight is 341 g/mol. The van der Waals surface area contributed by atoms with Crippen LogP contribution in [0.25, 0.3) is 0 Å². The van der Waals surface area contributed by atoms with Gasteiger partial charge in [0.1, 0.15) is 5.78 Å². The first-order valence-electron chi connectivity index (χ1n) is 8.50. The van der Waals surface area contributed by atoms with Crippen molar-refractivity contribution in [2.75, 3.05) is 5.73 Å². The van der Waals surface area contributed by atoms with Gasteiger partial charge in [0.2, 0.25) is 0 Å². The van der Waals surface area contributed by atoms with Gasteiger partial charge in [-0.1, -0.05) is 35.9 Å². The lowest BCUT2D eigenvalue weighted by atomic mass is 9.71. The number of anilines is 1. The normalized spacial score (nSPS) is 26.7. The lowest BCUT2D eigenvalue weighted by Gasteiger charge is -2.50. The van der Waals surface area contributed by atoms with Gasteiger partial charge in [0.25, 0.3) is 0 Å². The Balaban J connectivity index is 1.69. The van der Waals surface area contributed by atoms with Crippen LogP contribution >= 0.6 is 11.6 Å². The molecule has 5 rings (SSSR count). The van der Waals surface area contributed by atoms with E-state index in [0.29, 0.717) is 18.2 Å². The van der Waals surface area contributed by atoms with Crippen molar-refractivity contribution in [2.45, 2.75) is 37.9 Å². The second kappa shape index (κ2) is 6.23. The molecule has 3 unspecified atom stereocenters. The molecule has 0 spiro atoms. The molecule has 2 aromatic rings. The third-order valence-corrected chi connectivity index (χ3v) is 5.64. The second-order valence-corrected chi connectivity index (χ2v) is 7.36. The molecular formula is C20H21ClN2O. The molecule has 2 saturated heterocycles. The smallest absolute Gasteiger partial charge is 0.139 e. The molecule has 1 aliphatic carbocycles. The number of hydrogen-bond donors (Lipinski definition) is 1. The number of nitrogens with two attached hydrogens (primary N) is 1. The number of carbonyl (C=O) groups is 1. The van der Waals surface area contributed by atoms with Crippen molar-refractivity contribution in [2.24, 2.45) is 5.92 Å². The van der Waals surface area contributed by atoms with E-state index in [4.69, 9.17) is 17.3 Å². The quantitative estimate of drug-likeness (QED) is 0.851. The van der Waals surface area contributed by atoms with Gasteiger partial charge in [0, 0.05) is 41.7 Å². The standard InChI is InChI=1S/C20H21ClN2O/c21-15-3-1-2-13(10-15)12-23-17-8-9-18(19(24)11-17)20(23)14-4-6-16(22)7-5-14/h1-7,10,17-18,20H,8-9,11-12,22H2. The molecule has 3 aliphatic rings. The zero-order chi connectivity index (χ0) is 16.7. The first kappa shape index (κ1) is 15.7. The van der Waals surface area contributed by atoms with Gasteiger partial charge in [-0.15, -0.1) is 0 Å². The maximum absolute atomic E-state index is 12.5. The molecule has 2 aromatic carbocycles. The highest BCUT2D eigenvalue weighted by molar-refractivity contribution is 6.30. The van der Waals surface area contributed by atoms with E-state index < -0.39 is 0 Å². The van der Waals surface area contributed by atoms with Crippen molar-refractivity contribution in [1.82, 2.24) is 4.90 Å². The highest BCUT2D eigenvalue weighted by Crippen LogP contribution is 2.46. The van der Waals surface area contributed by atoms with Crippen LogP contribution in [0.5, 0.6) is 0 Å². The summed E-state index contributed by atoms with van der Waals surface area (Å²) >= 11 is 6.15. The summed E-state index contributed by atoms with van der Waals surface area (Å²) in [6.07, 6.45) is 2.77. The van der Waals surface area contributed by atoms with Crippen LogP contribution in [0.1, 0.15) is 36.4 Å². The van der Waals surface area contributed by atoms with E-state index in [1.165, 1.54) is 11.1 Å². The fourth-order valence-corrected chi connectivity index (χ4v) is 4.50. The third kappa shape index (κ3) is 2.83. The number of benzene rings is 2. The lowest BCUT2D eigenvalue weighted by molar-refractivity contribution is -0.138. The SMILES string of the molecule is Nc1ccc(C2C3CCC(CC3=O)N2Cc2cccc(Cl)c2)cc1. The predicted octanol–water partition coefficient (Wildman–Crippen LogP) is 4.22. The maximum atomic E-state index is 12.5. The highest BCUT2D eigenvalue weighted by atomic mass is 35.5. The summed E-state index contributed by atoms with van der Waals surface area (Å²) in [5.74, 6) is 0.508. The Morgan fingerprint density at radius 1 is 1.12 bits per heavy atom. The first-order valence-corrected chi connectivity index (χ1v) is 8.88. The number of Topliss-reactive ketones (excluding diaryl/α,β-unsaturated/α-hetero) is 1. The van der Waals surface area contributed by atoms with Gasteiger partial charge in [-0.25, -0.2) is 0 Å². The molecule has 0 amide bonds. The number of fused-ring (bicyclic) bond motifs is 3. The van der Waals surface area contributed by atoms with Crippen LogP contribution in [0.2, 0.25) is 5.02 Å². The molecule has 2 heterocycles. The van der Waals surface area contributed by atoms with E-state index in [2.05, 4.69) is 23.1 Å². The Kier molecular flexibility index (Phi) is 4.07. The Morgan fingerprint density at radius 2 is 1.92 bits per heavy atom. The minimum atomic E-state index is 0.0952. The number of piperidine rings is 2. The van der Waals surface area contributed by atoms with Gasteiger partial charge in [0.15, 0.2) is 0 Å². The van der Waals surface area contributed by atoms with E-state index in [0.717, 1.165) is 30.1 Å². The number of hydrogen-bond acceptors (Lipinski definition) is 3. The molecule has 3 fully saturated rings. The summed E-state index contributed by atoms with van der Waals surface area (Å²) in [4.78, 5) is 15.0. The van der Waals surface area contributed by atoms with Crippen molar-refractivity contribution >= 4 is 23.1 Å². The summed E-state index contributed by atoms with van der Waals surface area (Å²) in [7, 11) is 0. The monoisotopic (exact) mass is 340 g/mol. The molecule has 0 aromatic heterocycles. The van der Waals surface area contributed by atoms with Crippen molar-refractivity contribution in [3.05, 3.63) is 64.7 Å². The van der Waals surface area contributed by atoms with Crippen LogP contribution in [0.3, 0.4) is 0 Å². The predicted molar refractivity (Wildman–Crippen MR) is 96.7 cm³/mol. The second-order valence-electron chi connectivity index (χ2n) is 6.92. The van der Waals surface area contributed by atoms with E-state index in [-0.39, 0.29) is 12.0 Å². The zero-order valence-electron chi connectivity index (χ0n) is 13.5. The highest BCUT2D eigenvalue weighted by Gasteiger charge is 2.46. The molecule has 0 radical (unpaired) electrons. The number of carbonyl (C=O) groups excluding carboxylic acids is 1. The fourth-order valence-electron chi connectivity index (χ4n) is 4.28. The number of nitrogens with zero attached hydrogens (tertiary/aromatic N) is 1. The molecule has 3 atom stereocenters. The zero-order valence-corrected chi connectivity index (χ0v) is 14.2. The van der Waals surface area contributed by atoms with Crippen molar-refractivity contribution in [3.8, 4) is 0 Å². The van der Waals surface area contributed by atoms with Crippen molar-refractivity contribution in [3.63, 3.8) is 0 Å². The van der Waals surface area contributed by atoms with Crippen LogP contribution < -0.4 is 5.73 Å². The van der Waals surface area contributed by atoms with E-state index >= 15 is 0 Å². The average Bonchev–Trinajstić information content (AvgIpc) is 2.57. The Bertz CT molecular complexity index is 758. The summed E-state index contributed by atoms with van der Waals surface area (Å²) in [5, 5.41) is 0.759. The number of rotatable bonds is 3. The Labute approximate surface area is 147 Å². The third-order valence-electron chi connectivity index (χ3n) is 5.40. The summed E-state index contributed by atoms with van der Waals surface area (Å²) < 4.78 is 0. The van der Waals surface area contributed by atoms with Gasteiger partial charge in [-0.2, -0.15) is 0 Å². The minimum Gasteiger partial charge on any atom is -0.399 e. The summed E-state index contributed by atoms with van der Waals surface area (Å²) in [6, 6.07) is 16.5. The number of halogens is 1. The number of ketones is 1. The largest absolute Gasteiger partial charge is 0.399 e. The Morgan fingerprint density at radius 3 is 2.62 bits per heavy atom.